The minimum Gasteiger partial charge on any atom is -0.122 e. The molecule has 0 spiro atoms. The average molecular weight is 182 g/mol. The predicted octanol–water partition coefficient (Wildman–Crippen LogP) is 3.24. The van der Waals surface area contributed by atoms with Gasteiger partial charge in [-0.25, -0.2) is 0 Å². The lowest BCUT2D eigenvalue weighted by molar-refractivity contribution is 1.04. The second-order valence-corrected chi connectivity index (χ2v) is 2.61. The van der Waals surface area contributed by atoms with E-state index in [1.165, 1.54) is 0 Å². The Hall–Kier alpha value is -1.18. The van der Waals surface area contributed by atoms with Gasteiger partial charge in [0.15, 0.2) is 0 Å². The van der Waals surface area contributed by atoms with Gasteiger partial charge < -0.3 is 0 Å². The Morgan fingerprint density at radius 2 is 1.83 bits per heavy atom. The molecule has 3 nitrogen and oxygen atoms in total. The van der Waals surface area contributed by atoms with Crippen molar-refractivity contribution >= 4 is 11.6 Å². The first-order valence-corrected chi connectivity index (χ1v) is 4.05. The van der Waals surface area contributed by atoms with Crippen LogP contribution in [0.5, 0.6) is 0 Å². The van der Waals surface area contributed by atoms with Crippen molar-refractivity contribution in [1.29, 1.82) is 0 Å². The van der Waals surface area contributed by atoms with Crippen LogP contribution < -0.4 is 0 Å². The Labute approximate surface area is 75.6 Å². The molecule has 0 aliphatic heterocycles. The van der Waals surface area contributed by atoms with Crippen molar-refractivity contribution in [2.75, 3.05) is 0 Å². The molecule has 0 atom stereocenters. The summed E-state index contributed by atoms with van der Waals surface area (Å²) in [6.07, 6.45) is 0. The number of benzene rings is 1. The first kappa shape index (κ1) is 8.91. The molecule has 0 radical (unpaired) electrons. The minimum absolute atomic E-state index is 0.402. The molecule has 12 heavy (non-hydrogen) atoms. The summed E-state index contributed by atoms with van der Waals surface area (Å²) in [5.74, 6) is 0.516. The lowest BCUT2D eigenvalue weighted by Crippen LogP contribution is -1.81. The number of azide groups is 1. The van der Waals surface area contributed by atoms with E-state index in [4.69, 9.17) is 17.1 Å². The van der Waals surface area contributed by atoms with E-state index < -0.39 is 0 Å². The molecule has 0 N–H and O–H groups in total. The van der Waals surface area contributed by atoms with Crippen LogP contribution in [0.25, 0.3) is 10.4 Å². The maximum absolute atomic E-state index is 8.07. The van der Waals surface area contributed by atoms with Gasteiger partial charge in [0.1, 0.15) is 0 Å². The maximum Gasteiger partial charge on any atom is 0.0510 e. The van der Waals surface area contributed by atoms with E-state index >= 15 is 0 Å². The van der Waals surface area contributed by atoms with Gasteiger partial charge in [0.05, 0.1) is 6.54 Å². The van der Waals surface area contributed by atoms with Gasteiger partial charge in [0.2, 0.25) is 0 Å². The van der Waals surface area contributed by atoms with Gasteiger partial charge >= 0.3 is 0 Å². The van der Waals surface area contributed by atoms with Crippen LogP contribution in [0.15, 0.2) is 29.4 Å². The highest BCUT2D eigenvalue weighted by molar-refractivity contribution is 6.17. The van der Waals surface area contributed by atoms with Crippen LogP contribution in [-0.4, -0.2) is 0 Å². The Morgan fingerprint density at radius 3 is 2.33 bits per heavy atom. The lowest BCUT2D eigenvalue weighted by atomic mass is 10.1. The predicted molar refractivity (Wildman–Crippen MR) is 48.8 cm³/mol. The monoisotopic (exact) mass is 181 g/mol. The van der Waals surface area contributed by atoms with E-state index in [9.17, 15) is 0 Å². The molecule has 1 rings (SSSR count). The zero-order valence-corrected chi connectivity index (χ0v) is 7.20. The van der Waals surface area contributed by atoms with Crippen molar-refractivity contribution in [3.63, 3.8) is 0 Å². The highest BCUT2D eigenvalue weighted by Crippen LogP contribution is 2.07. The van der Waals surface area contributed by atoms with Crippen LogP contribution >= 0.6 is 11.6 Å². The molecule has 4 heteroatoms. The highest BCUT2D eigenvalue weighted by Gasteiger charge is 1.91. The number of hydrogen-bond acceptors (Lipinski definition) is 1. The molecule has 0 bridgehead atoms. The number of halogens is 1. The molecule has 0 aromatic heterocycles. The van der Waals surface area contributed by atoms with Crippen LogP contribution in [0.4, 0.5) is 0 Å². The average Bonchev–Trinajstić information content (AvgIpc) is 2.15. The van der Waals surface area contributed by atoms with E-state index in [2.05, 4.69) is 10.0 Å². The summed E-state index contributed by atoms with van der Waals surface area (Å²) in [5, 5.41) is 3.45. The fourth-order valence-electron chi connectivity index (χ4n) is 0.847. The van der Waals surface area contributed by atoms with Gasteiger partial charge in [-0.15, -0.1) is 11.6 Å². The molecular formula is C8H8ClN3. The first-order valence-electron chi connectivity index (χ1n) is 3.51. The second kappa shape index (κ2) is 4.65. The molecule has 1 aromatic carbocycles. The molecule has 0 amide bonds. The molecule has 0 fully saturated rings. The Bertz CT molecular complexity index is 288. The van der Waals surface area contributed by atoms with E-state index in [0.29, 0.717) is 12.4 Å². The summed E-state index contributed by atoms with van der Waals surface area (Å²) < 4.78 is 0. The Morgan fingerprint density at radius 1 is 1.25 bits per heavy atom. The van der Waals surface area contributed by atoms with Crippen LogP contribution in [0.3, 0.4) is 0 Å². The normalized spacial score (nSPS) is 9.08. The minimum atomic E-state index is 0.402. The molecule has 1 aromatic rings. The van der Waals surface area contributed by atoms with Crippen molar-refractivity contribution in [3.8, 4) is 0 Å². The Balaban J connectivity index is 2.70. The smallest absolute Gasteiger partial charge is 0.0510 e. The molecule has 62 valence electrons. The van der Waals surface area contributed by atoms with Gasteiger partial charge in [0, 0.05) is 10.8 Å². The third-order valence-corrected chi connectivity index (χ3v) is 1.80. The van der Waals surface area contributed by atoms with Crippen LogP contribution in [0.1, 0.15) is 11.1 Å². The summed E-state index contributed by atoms with van der Waals surface area (Å²) >= 11 is 5.60. The number of hydrogen-bond donors (Lipinski definition) is 0. The van der Waals surface area contributed by atoms with Crippen molar-refractivity contribution in [1.82, 2.24) is 0 Å². The van der Waals surface area contributed by atoms with Gasteiger partial charge in [0.25, 0.3) is 0 Å². The van der Waals surface area contributed by atoms with Crippen molar-refractivity contribution in [2.24, 2.45) is 5.11 Å². The second-order valence-electron chi connectivity index (χ2n) is 2.34. The van der Waals surface area contributed by atoms with Gasteiger partial charge in [-0.2, -0.15) is 0 Å². The maximum atomic E-state index is 8.07. The van der Waals surface area contributed by atoms with Crippen LogP contribution in [0, 0.1) is 0 Å². The summed E-state index contributed by atoms with van der Waals surface area (Å²) in [4.78, 5) is 2.67. The molecule has 0 aliphatic rings. The SMILES string of the molecule is [N-]=[N+]=NCc1ccc(CCl)cc1. The molecule has 0 unspecified atom stereocenters. The summed E-state index contributed by atoms with van der Waals surface area (Å²) in [6, 6.07) is 7.67. The van der Waals surface area contributed by atoms with E-state index in [-0.39, 0.29) is 0 Å². The number of alkyl halides is 1. The molecule has 0 saturated heterocycles. The summed E-state index contributed by atoms with van der Waals surface area (Å²) in [7, 11) is 0. The van der Waals surface area contributed by atoms with Crippen molar-refractivity contribution in [2.45, 2.75) is 12.4 Å². The summed E-state index contributed by atoms with van der Waals surface area (Å²) in [6.45, 7) is 0.402. The van der Waals surface area contributed by atoms with Gasteiger partial charge in [-0.1, -0.05) is 29.4 Å². The highest BCUT2D eigenvalue weighted by atomic mass is 35.5. The van der Waals surface area contributed by atoms with Crippen molar-refractivity contribution < 1.29 is 0 Å². The van der Waals surface area contributed by atoms with Crippen LogP contribution in [-0.2, 0) is 12.4 Å². The van der Waals surface area contributed by atoms with E-state index in [1.54, 1.807) is 0 Å². The molecular weight excluding hydrogens is 174 g/mol. The largest absolute Gasteiger partial charge is 0.122 e. The third kappa shape index (κ3) is 2.46. The molecule has 0 saturated carbocycles. The standard InChI is InChI=1S/C8H8ClN3/c9-5-7-1-3-8(4-2-7)6-11-12-10/h1-4H,5-6H2. The van der Waals surface area contributed by atoms with E-state index in [1.807, 2.05) is 24.3 Å². The quantitative estimate of drug-likeness (QED) is 0.298. The summed E-state index contributed by atoms with van der Waals surface area (Å²) in [5.41, 5.74) is 10.1. The number of nitrogens with zero attached hydrogens (tertiary/aromatic N) is 3. The third-order valence-electron chi connectivity index (χ3n) is 1.49. The first-order chi connectivity index (χ1) is 5.86. The van der Waals surface area contributed by atoms with Crippen LogP contribution in [0.2, 0.25) is 0 Å². The zero-order chi connectivity index (χ0) is 8.81. The van der Waals surface area contributed by atoms with Gasteiger partial charge in [-0.05, 0) is 16.7 Å². The fraction of sp³-hybridized carbons (Fsp3) is 0.250. The van der Waals surface area contributed by atoms with Crippen molar-refractivity contribution in [3.05, 3.63) is 45.8 Å². The molecule has 0 heterocycles. The van der Waals surface area contributed by atoms with Gasteiger partial charge in [-0.3, -0.25) is 0 Å². The number of rotatable bonds is 3. The topological polar surface area (TPSA) is 48.8 Å². The lowest BCUT2D eigenvalue weighted by Gasteiger charge is -1.96. The van der Waals surface area contributed by atoms with E-state index in [0.717, 1.165) is 11.1 Å². The Kier molecular flexibility index (Phi) is 3.45. The zero-order valence-electron chi connectivity index (χ0n) is 6.44. The molecule has 0 aliphatic carbocycles. The fourth-order valence-corrected chi connectivity index (χ4v) is 1.03.